The van der Waals surface area contributed by atoms with E-state index in [0.29, 0.717) is 5.69 Å². The predicted octanol–water partition coefficient (Wildman–Crippen LogP) is 1.32. The van der Waals surface area contributed by atoms with Gasteiger partial charge < -0.3 is 12.9 Å². The lowest BCUT2D eigenvalue weighted by Crippen LogP contribution is -2.34. The summed E-state index contributed by atoms with van der Waals surface area (Å²) in [4.78, 5) is 3.67. The zero-order valence-corrected chi connectivity index (χ0v) is 7.52. The molecule has 0 atom stereocenters. The van der Waals surface area contributed by atoms with Crippen LogP contribution in [0, 0.1) is 0 Å². The molecule has 0 aliphatic rings. The lowest BCUT2D eigenvalue weighted by Gasteiger charge is -2.15. The summed E-state index contributed by atoms with van der Waals surface area (Å²) < 4.78 is 38.6. The van der Waals surface area contributed by atoms with Gasteiger partial charge in [-0.15, -0.1) is 5.46 Å². The first-order valence-corrected chi connectivity index (χ1v) is 4.22. The van der Waals surface area contributed by atoms with Crippen molar-refractivity contribution < 1.29 is 12.9 Å². The summed E-state index contributed by atoms with van der Waals surface area (Å²) in [6.07, 6.45) is 2.62. The minimum absolute atomic E-state index is 0.351. The quantitative estimate of drug-likeness (QED) is 0.702. The number of hydrogen-bond donors (Lipinski definition) is 0. The van der Waals surface area contributed by atoms with E-state index in [9.17, 15) is 12.9 Å². The Morgan fingerprint density at radius 3 is 2.60 bits per heavy atom. The molecule has 2 aromatic rings. The molecule has 0 radical (unpaired) electrons. The summed E-state index contributed by atoms with van der Waals surface area (Å²) in [5, 5.41) is 3.75. The van der Waals surface area contributed by atoms with Gasteiger partial charge in [-0.1, -0.05) is 18.2 Å². The maximum Gasteiger partial charge on any atom is 0.509 e. The molecule has 0 saturated carbocycles. The van der Waals surface area contributed by atoms with Crippen molar-refractivity contribution in [2.75, 3.05) is 0 Å². The lowest BCUT2D eigenvalue weighted by atomic mass is 9.80. The van der Waals surface area contributed by atoms with Gasteiger partial charge in [0.15, 0.2) is 0 Å². The lowest BCUT2D eigenvalue weighted by molar-refractivity contribution is 0.501. The van der Waals surface area contributed by atoms with Gasteiger partial charge in [0.25, 0.3) is 0 Å². The van der Waals surface area contributed by atoms with Gasteiger partial charge in [0.1, 0.15) is 12.7 Å². The summed E-state index contributed by atoms with van der Waals surface area (Å²) in [6.45, 7) is -4.97. The van der Waals surface area contributed by atoms with Crippen molar-refractivity contribution in [3.8, 4) is 5.69 Å². The monoisotopic (exact) mass is 212 g/mol. The molecule has 0 aliphatic carbocycles. The van der Waals surface area contributed by atoms with Gasteiger partial charge in [-0.3, -0.25) is 0 Å². The van der Waals surface area contributed by atoms with E-state index in [1.807, 2.05) is 0 Å². The molecule has 0 saturated heterocycles. The molecule has 0 bridgehead atoms. The van der Waals surface area contributed by atoms with Crippen LogP contribution < -0.4 is 5.46 Å². The second-order valence-electron chi connectivity index (χ2n) is 3.01. The Morgan fingerprint density at radius 2 is 2.00 bits per heavy atom. The van der Waals surface area contributed by atoms with Gasteiger partial charge >= 0.3 is 6.98 Å². The SMILES string of the molecule is F[B-](F)(F)c1cccc(-n2cncn2)c1. The zero-order valence-electron chi connectivity index (χ0n) is 7.52. The fourth-order valence-corrected chi connectivity index (χ4v) is 1.21. The van der Waals surface area contributed by atoms with Gasteiger partial charge in [-0.05, 0) is 6.07 Å². The van der Waals surface area contributed by atoms with E-state index in [-0.39, 0.29) is 0 Å². The third kappa shape index (κ3) is 2.00. The molecular formula is C8H6BF3N3-. The smallest absolute Gasteiger partial charge is 0.445 e. The Hall–Kier alpha value is -1.79. The van der Waals surface area contributed by atoms with Crippen molar-refractivity contribution in [3.63, 3.8) is 0 Å². The zero-order chi connectivity index (χ0) is 10.9. The normalized spacial score (nSPS) is 11.7. The Kier molecular flexibility index (Phi) is 2.22. The standard InChI is InChI=1S/C8H6BF3N3/c10-9(11,12)7-2-1-3-8(4-7)15-6-13-5-14-15/h1-6H/q-1. The highest BCUT2D eigenvalue weighted by Gasteiger charge is 2.25. The average molecular weight is 212 g/mol. The Labute approximate surface area is 83.6 Å². The van der Waals surface area contributed by atoms with E-state index in [1.165, 1.54) is 23.4 Å². The maximum absolute atomic E-state index is 12.4. The van der Waals surface area contributed by atoms with Crippen LogP contribution in [-0.4, -0.2) is 21.7 Å². The number of rotatable bonds is 2. The Balaban J connectivity index is 2.44. The molecule has 0 unspecified atom stereocenters. The van der Waals surface area contributed by atoms with Gasteiger partial charge in [-0.2, -0.15) is 5.10 Å². The van der Waals surface area contributed by atoms with Crippen LogP contribution in [0.1, 0.15) is 0 Å². The summed E-state index contributed by atoms with van der Waals surface area (Å²) >= 11 is 0. The van der Waals surface area contributed by atoms with Gasteiger partial charge in [0.05, 0.1) is 5.69 Å². The van der Waals surface area contributed by atoms with Crippen molar-refractivity contribution in [2.45, 2.75) is 0 Å². The molecule has 1 heterocycles. The molecule has 15 heavy (non-hydrogen) atoms. The topological polar surface area (TPSA) is 30.7 Å². The number of hydrogen-bond acceptors (Lipinski definition) is 2. The van der Waals surface area contributed by atoms with E-state index in [1.54, 1.807) is 6.07 Å². The Morgan fingerprint density at radius 1 is 1.20 bits per heavy atom. The number of nitrogens with zero attached hydrogens (tertiary/aromatic N) is 3. The van der Waals surface area contributed by atoms with E-state index in [2.05, 4.69) is 10.1 Å². The van der Waals surface area contributed by atoms with E-state index in [0.717, 1.165) is 12.1 Å². The summed E-state index contributed by atoms with van der Waals surface area (Å²) in [5.41, 5.74) is -0.285. The van der Waals surface area contributed by atoms with Gasteiger partial charge in [0, 0.05) is 0 Å². The van der Waals surface area contributed by atoms with Crippen LogP contribution in [0.4, 0.5) is 12.9 Å². The largest absolute Gasteiger partial charge is 0.509 e. The average Bonchev–Trinajstić information content (AvgIpc) is 2.69. The number of aromatic nitrogens is 3. The first kappa shape index (κ1) is 9.76. The Bertz CT molecular complexity index is 452. The van der Waals surface area contributed by atoms with Crippen LogP contribution in [-0.2, 0) is 0 Å². The molecular weight excluding hydrogens is 206 g/mol. The van der Waals surface area contributed by atoms with Crippen molar-refractivity contribution in [2.24, 2.45) is 0 Å². The molecule has 0 fully saturated rings. The third-order valence-electron chi connectivity index (χ3n) is 1.93. The van der Waals surface area contributed by atoms with E-state index < -0.39 is 12.4 Å². The van der Waals surface area contributed by atoms with Crippen molar-refractivity contribution >= 4 is 12.4 Å². The van der Waals surface area contributed by atoms with Crippen LogP contribution in [0.2, 0.25) is 0 Å². The molecule has 0 spiro atoms. The van der Waals surface area contributed by atoms with Gasteiger partial charge in [0.2, 0.25) is 0 Å². The molecule has 7 heteroatoms. The molecule has 78 valence electrons. The predicted molar refractivity (Wildman–Crippen MR) is 50.1 cm³/mol. The fourth-order valence-electron chi connectivity index (χ4n) is 1.21. The number of benzene rings is 1. The minimum atomic E-state index is -4.97. The molecule has 1 aromatic carbocycles. The second-order valence-corrected chi connectivity index (χ2v) is 3.01. The summed E-state index contributed by atoms with van der Waals surface area (Å²) in [6, 6.07) is 4.98. The molecule has 1 aromatic heterocycles. The van der Waals surface area contributed by atoms with Crippen molar-refractivity contribution in [1.29, 1.82) is 0 Å². The van der Waals surface area contributed by atoms with Crippen LogP contribution in [0.25, 0.3) is 5.69 Å². The highest BCUT2D eigenvalue weighted by Crippen LogP contribution is 2.11. The molecule has 0 amide bonds. The first-order valence-electron chi connectivity index (χ1n) is 4.22. The van der Waals surface area contributed by atoms with E-state index in [4.69, 9.17) is 0 Å². The minimum Gasteiger partial charge on any atom is -0.445 e. The molecule has 3 nitrogen and oxygen atoms in total. The van der Waals surface area contributed by atoms with Crippen LogP contribution in [0.15, 0.2) is 36.9 Å². The highest BCUT2D eigenvalue weighted by molar-refractivity contribution is 6.73. The van der Waals surface area contributed by atoms with Crippen LogP contribution in [0.3, 0.4) is 0 Å². The van der Waals surface area contributed by atoms with Gasteiger partial charge in [-0.25, -0.2) is 9.67 Å². The fraction of sp³-hybridized carbons (Fsp3) is 0. The third-order valence-corrected chi connectivity index (χ3v) is 1.93. The second kappa shape index (κ2) is 3.41. The molecule has 0 N–H and O–H groups in total. The summed E-state index contributed by atoms with van der Waals surface area (Å²) in [5.74, 6) is 0. The van der Waals surface area contributed by atoms with Crippen LogP contribution in [0.5, 0.6) is 0 Å². The van der Waals surface area contributed by atoms with Crippen LogP contribution >= 0.6 is 0 Å². The maximum atomic E-state index is 12.4. The highest BCUT2D eigenvalue weighted by atomic mass is 19.4. The number of halogens is 3. The van der Waals surface area contributed by atoms with Crippen molar-refractivity contribution in [3.05, 3.63) is 36.9 Å². The van der Waals surface area contributed by atoms with E-state index >= 15 is 0 Å². The summed E-state index contributed by atoms with van der Waals surface area (Å²) in [7, 11) is 0. The molecule has 0 aliphatic heterocycles. The molecule has 2 rings (SSSR count). The first-order chi connectivity index (χ1) is 7.07. The van der Waals surface area contributed by atoms with Crippen molar-refractivity contribution in [1.82, 2.24) is 14.8 Å².